The van der Waals surface area contributed by atoms with Gasteiger partial charge in [-0.25, -0.2) is 4.98 Å². The van der Waals surface area contributed by atoms with Gasteiger partial charge in [-0.2, -0.15) is 0 Å². The smallest absolute Gasteiger partial charge is 0.124 e. The molecular formula is C15H19N3O. The Morgan fingerprint density at radius 1 is 1.37 bits per heavy atom. The maximum Gasteiger partial charge on any atom is 0.124 e. The van der Waals surface area contributed by atoms with Crippen LogP contribution in [0.25, 0.3) is 11.0 Å². The Hall–Kier alpha value is -2.07. The topological polar surface area (TPSA) is 52.1 Å². The standard InChI is InChI=1S/C15H19N3O/c1-4-8-18(9-5-2)11(3)15-16-13-7-6-12(19)10-14(13)17-15/h4-7,10-11,19H,1-2,8-9H2,3H3,(H,16,17). The van der Waals surface area contributed by atoms with Crippen molar-refractivity contribution in [1.29, 1.82) is 0 Å². The number of aromatic hydroxyl groups is 1. The van der Waals surface area contributed by atoms with Crippen LogP contribution >= 0.6 is 0 Å². The molecule has 0 spiro atoms. The van der Waals surface area contributed by atoms with Crippen molar-refractivity contribution in [2.45, 2.75) is 13.0 Å². The van der Waals surface area contributed by atoms with Gasteiger partial charge in [0, 0.05) is 19.2 Å². The Morgan fingerprint density at radius 3 is 2.68 bits per heavy atom. The number of imidazole rings is 1. The van der Waals surface area contributed by atoms with Gasteiger partial charge in [-0.1, -0.05) is 12.2 Å². The molecule has 0 aliphatic carbocycles. The van der Waals surface area contributed by atoms with Crippen molar-refractivity contribution >= 4 is 11.0 Å². The zero-order valence-corrected chi connectivity index (χ0v) is 11.1. The minimum absolute atomic E-state index is 0.130. The summed E-state index contributed by atoms with van der Waals surface area (Å²) in [4.78, 5) is 10.0. The van der Waals surface area contributed by atoms with Crippen LogP contribution in [0.3, 0.4) is 0 Å². The zero-order valence-electron chi connectivity index (χ0n) is 11.1. The third kappa shape index (κ3) is 2.85. The molecular weight excluding hydrogens is 238 g/mol. The molecule has 0 aliphatic rings. The number of nitrogens with one attached hydrogen (secondary N) is 1. The van der Waals surface area contributed by atoms with E-state index in [9.17, 15) is 5.11 Å². The van der Waals surface area contributed by atoms with Crippen LogP contribution in [-0.2, 0) is 0 Å². The molecule has 19 heavy (non-hydrogen) atoms. The van der Waals surface area contributed by atoms with Gasteiger partial charge in [0.15, 0.2) is 0 Å². The predicted molar refractivity (Wildman–Crippen MR) is 78.1 cm³/mol. The first-order valence-corrected chi connectivity index (χ1v) is 6.30. The average molecular weight is 257 g/mol. The number of aromatic nitrogens is 2. The largest absolute Gasteiger partial charge is 0.508 e. The van der Waals surface area contributed by atoms with Gasteiger partial charge < -0.3 is 10.1 Å². The van der Waals surface area contributed by atoms with E-state index in [0.717, 1.165) is 29.9 Å². The number of benzene rings is 1. The van der Waals surface area contributed by atoms with Crippen LogP contribution in [0.4, 0.5) is 0 Å². The van der Waals surface area contributed by atoms with Crippen LogP contribution in [0.2, 0.25) is 0 Å². The molecule has 1 atom stereocenters. The molecule has 1 unspecified atom stereocenters. The van der Waals surface area contributed by atoms with E-state index in [4.69, 9.17) is 0 Å². The number of rotatable bonds is 6. The maximum atomic E-state index is 9.47. The summed E-state index contributed by atoms with van der Waals surface area (Å²) in [7, 11) is 0. The number of aromatic amines is 1. The highest BCUT2D eigenvalue weighted by Gasteiger charge is 2.17. The van der Waals surface area contributed by atoms with Crippen molar-refractivity contribution in [3.63, 3.8) is 0 Å². The van der Waals surface area contributed by atoms with Gasteiger partial charge in [0.05, 0.1) is 17.1 Å². The fraction of sp³-hybridized carbons (Fsp3) is 0.267. The lowest BCUT2D eigenvalue weighted by atomic mass is 10.2. The molecule has 100 valence electrons. The van der Waals surface area contributed by atoms with E-state index in [0.29, 0.717) is 0 Å². The highest BCUT2D eigenvalue weighted by Crippen LogP contribution is 2.23. The summed E-state index contributed by atoms with van der Waals surface area (Å²) in [5.41, 5.74) is 1.70. The summed E-state index contributed by atoms with van der Waals surface area (Å²) in [6.45, 7) is 11.2. The second-order valence-corrected chi connectivity index (χ2v) is 4.53. The molecule has 0 saturated carbocycles. The number of H-pyrrole nitrogens is 1. The van der Waals surface area contributed by atoms with Gasteiger partial charge >= 0.3 is 0 Å². The van der Waals surface area contributed by atoms with Crippen molar-refractivity contribution in [2.24, 2.45) is 0 Å². The van der Waals surface area contributed by atoms with Gasteiger partial charge in [0.25, 0.3) is 0 Å². The molecule has 0 saturated heterocycles. The molecule has 0 fully saturated rings. The fourth-order valence-electron chi connectivity index (χ4n) is 2.11. The van der Waals surface area contributed by atoms with E-state index in [-0.39, 0.29) is 11.8 Å². The quantitative estimate of drug-likeness (QED) is 0.782. The SMILES string of the molecule is C=CCN(CC=C)C(C)c1nc2ccc(O)cc2[nH]1. The Bertz CT molecular complexity index is 578. The maximum absolute atomic E-state index is 9.47. The number of hydrogen-bond donors (Lipinski definition) is 2. The zero-order chi connectivity index (χ0) is 13.8. The first-order chi connectivity index (χ1) is 9.15. The molecule has 0 amide bonds. The molecule has 1 aromatic heterocycles. The number of hydrogen-bond acceptors (Lipinski definition) is 3. The molecule has 1 heterocycles. The second kappa shape index (κ2) is 5.71. The Balaban J connectivity index is 2.31. The van der Waals surface area contributed by atoms with Gasteiger partial charge in [-0.05, 0) is 19.1 Å². The van der Waals surface area contributed by atoms with Crippen LogP contribution in [0.15, 0.2) is 43.5 Å². The van der Waals surface area contributed by atoms with Crippen LogP contribution in [-0.4, -0.2) is 33.1 Å². The number of phenolic OH excluding ortho intramolecular Hbond substituents is 1. The van der Waals surface area contributed by atoms with Gasteiger partial charge in [0.1, 0.15) is 11.6 Å². The summed E-state index contributed by atoms with van der Waals surface area (Å²) in [5, 5.41) is 9.47. The summed E-state index contributed by atoms with van der Waals surface area (Å²) in [6, 6.07) is 5.26. The summed E-state index contributed by atoms with van der Waals surface area (Å²) >= 11 is 0. The number of fused-ring (bicyclic) bond motifs is 1. The summed E-state index contributed by atoms with van der Waals surface area (Å²) in [6.07, 6.45) is 3.74. The summed E-state index contributed by atoms with van der Waals surface area (Å²) < 4.78 is 0. The normalized spacial score (nSPS) is 12.7. The second-order valence-electron chi connectivity index (χ2n) is 4.53. The molecule has 2 N–H and O–H groups in total. The van der Waals surface area contributed by atoms with E-state index in [1.807, 2.05) is 18.2 Å². The van der Waals surface area contributed by atoms with E-state index in [1.165, 1.54) is 0 Å². The Labute approximate surface area is 113 Å². The first kappa shape index (κ1) is 13.4. The van der Waals surface area contributed by atoms with E-state index in [1.54, 1.807) is 12.1 Å². The van der Waals surface area contributed by atoms with E-state index in [2.05, 4.69) is 34.9 Å². The van der Waals surface area contributed by atoms with Crippen LogP contribution in [0.1, 0.15) is 18.8 Å². The lowest BCUT2D eigenvalue weighted by molar-refractivity contribution is 0.252. The van der Waals surface area contributed by atoms with Crippen molar-refractivity contribution in [3.8, 4) is 5.75 Å². The monoisotopic (exact) mass is 257 g/mol. The van der Waals surface area contributed by atoms with Crippen molar-refractivity contribution in [1.82, 2.24) is 14.9 Å². The predicted octanol–water partition coefficient (Wildman–Crippen LogP) is 3.00. The van der Waals surface area contributed by atoms with Crippen molar-refractivity contribution in [2.75, 3.05) is 13.1 Å². The average Bonchev–Trinajstić information content (AvgIpc) is 2.80. The van der Waals surface area contributed by atoms with Gasteiger partial charge in [0.2, 0.25) is 0 Å². The molecule has 0 aliphatic heterocycles. The highest BCUT2D eigenvalue weighted by molar-refractivity contribution is 5.76. The molecule has 2 rings (SSSR count). The lowest BCUT2D eigenvalue weighted by Gasteiger charge is -2.24. The lowest BCUT2D eigenvalue weighted by Crippen LogP contribution is -2.28. The van der Waals surface area contributed by atoms with Crippen LogP contribution < -0.4 is 0 Å². The van der Waals surface area contributed by atoms with Crippen molar-refractivity contribution in [3.05, 3.63) is 49.3 Å². The van der Waals surface area contributed by atoms with Crippen LogP contribution in [0, 0.1) is 0 Å². The van der Waals surface area contributed by atoms with Crippen LogP contribution in [0.5, 0.6) is 5.75 Å². The third-order valence-electron chi connectivity index (χ3n) is 3.15. The molecule has 4 nitrogen and oxygen atoms in total. The minimum Gasteiger partial charge on any atom is -0.508 e. The summed E-state index contributed by atoms with van der Waals surface area (Å²) in [5.74, 6) is 1.12. The van der Waals surface area contributed by atoms with Gasteiger partial charge in [-0.3, -0.25) is 4.90 Å². The molecule has 0 bridgehead atoms. The Morgan fingerprint density at radius 2 is 2.05 bits per heavy atom. The molecule has 1 aromatic carbocycles. The van der Waals surface area contributed by atoms with Crippen molar-refractivity contribution < 1.29 is 5.11 Å². The molecule has 4 heteroatoms. The Kier molecular flexibility index (Phi) is 4.02. The highest BCUT2D eigenvalue weighted by atomic mass is 16.3. The first-order valence-electron chi connectivity index (χ1n) is 6.30. The third-order valence-corrected chi connectivity index (χ3v) is 3.15. The number of phenols is 1. The molecule has 0 radical (unpaired) electrons. The number of nitrogens with zero attached hydrogens (tertiary/aromatic N) is 2. The molecule has 2 aromatic rings. The fourth-order valence-corrected chi connectivity index (χ4v) is 2.11. The van der Waals surface area contributed by atoms with E-state index >= 15 is 0 Å². The minimum atomic E-state index is 0.130. The van der Waals surface area contributed by atoms with E-state index < -0.39 is 0 Å². The van der Waals surface area contributed by atoms with Gasteiger partial charge in [-0.15, -0.1) is 13.2 Å².